The Bertz CT molecular complexity index is 704. The molecule has 1 saturated heterocycles. The number of hydrogen-bond acceptors (Lipinski definition) is 6. The molecule has 0 unspecified atom stereocenters. The van der Waals surface area contributed by atoms with E-state index in [0.29, 0.717) is 24.0 Å². The maximum Gasteiger partial charge on any atom is 0.231 e. The van der Waals surface area contributed by atoms with Crippen LogP contribution in [0, 0.1) is 24.2 Å². The van der Waals surface area contributed by atoms with Gasteiger partial charge in [0.1, 0.15) is 17.5 Å². The van der Waals surface area contributed by atoms with Gasteiger partial charge >= 0.3 is 0 Å². The van der Waals surface area contributed by atoms with Crippen LogP contribution in [0.15, 0.2) is 30.7 Å². The molecule has 1 fully saturated rings. The summed E-state index contributed by atoms with van der Waals surface area (Å²) in [6, 6.07) is 5.57. The molecule has 2 aromatic heterocycles. The van der Waals surface area contributed by atoms with Gasteiger partial charge in [-0.15, -0.1) is 0 Å². The number of ether oxygens (including phenoxy) is 1. The lowest BCUT2D eigenvalue weighted by molar-refractivity contribution is 0.215. The molecule has 0 bridgehead atoms. The molecule has 23 heavy (non-hydrogen) atoms. The van der Waals surface area contributed by atoms with Crippen LogP contribution in [0.25, 0.3) is 0 Å². The summed E-state index contributed by atoms with van der Waals surface area (Å²) < 4.78 is 5.75. The third-order valence-corrected chi connectivity index (χ3v) is 4.03. The van der Waals surface area contributed by atoms with Crippen molar-refractivity contribution >= 4 is 5.82 Å². The zero-order chi connectivity index (χ0) is 16.1. The molecular weight excluding hydrogens is 290 g/mol. The predicted molar refractivity (Wildman–Crippen MR) is 86.2 cm³/mol. The lowest BCUT2D eigenvalue weighted by Crippen LogP contribution is -2.36. The highest BCUT2D eigenvalue weighted by atomic mass is 16.5. The van der Waals surface area contributed by atoms with Gasteiger partial charge in [0.25, 0.3) is 0 Å². The number of aromatic nitrogens is 3. The second kappa shape index (κ2) is 7.05. The Morgan fingerprint density at radius 2 is 2.17 bits per heavy atom. The molecule has 0 radical (unpaired) electrons. The third-order valence-electron chi connectivity index (χ3n) is 4.03. The van der Waals surface area contributed by atoms with Crippen LogP contribution in [-0.4, -0.2) is 34.6 Å². The van der Waals surface area contributed by atoms with Crippen LogP contribution in [0.5, 0.6) is 5.88 Å². The van der Waals surface area contributed by atoms with E-state index in [2.05, 4.69) is 25.9 Å². The number of pyridine rings is 1. The third kappa shape index (κ3) is 3.75. The van der Waals surface area contributed by atoms with Gasteiger partial charge in [-0.2, -0.15) is 5.26 Å². The van der Waals surface area contributed by atoms with Crippen molar-refractivity contribution in [2.75, 3.05) is 24.6 Å². The van der Waals surface area contributed by atoms with Gasteiger partial charge in [0, 0.05) is 25.5 Å². The van der Waals surface area contributed by atoms with Crippen molar-refractivity contribution in [1.29, 1.82) is 5.26 Å². The molecule has 3 heterocycles. The van der Waals surface area contributed by atoms with Crippen molar-refractivity contribution in [2.45, 2.75) is 19.8 Å². The highest BCUT2D eigenvalue weighted by Crippen LogP contribution is 2.23. The van der Waals surface area contributed by atoms with Crippen molar-refractivity contribution in [1.82, 2.24) is 15.0 Å². The van der Waals surface area contributed by atoms with Gasteiger partial charge in [0.05, 0.1) is 18.5 Å². The minimum Gasteiger partial charge on any atom is -0.476 e. The number of nitriles is 1. The summed E-state index contributed by atoms with van der Waals surface area (Å²) in [4.78, 5) is 15.1. The molecule has 0 saturated carbocycles. The quantitative estimate of drug-likeness (QED) is 0.863. The molecule has 3 rings (SSSR count). The molecule has 0 spiro atoms. The molecule has 118 valence electrons. The molecule has 0 aliphatic carbocycles. The first-order chi connectivity index (χ1) is 11.3. The van der Waals surface area contributed by atoms with Crippen LogP contribution in [0.2, 0.25) is 0 Å². The van der Waals surface area contributed by atoms with Gasteiger partial charge in [-0.25, -0.2) is 9.97 Å². The molecule has 1 aliphatic rings. The molecule has 6 nitrogen and oxygen atoms in total. The fourth-order valence-corrected chi connectivity index (χ4v) is 2.72. The Kier molecular flexibility index (Phi) is 4.67. The standard InChI is InChI=1S/C17H19N5O/c1-13-10-19-11-16(21-13)22-7-4-14(5-8-22)12-23-17-15(9-18)3-2-6-20-17/h2-3,6,10-11,14H,4-5,7-8,12H2,1H3. The van der Waals surface area contributed by atoms with Gasteiger partial charge in [-0.1, -0.05) is 0 Å². The van der Waals surface area contributed by atoms with E-state index in [9.17, 15) is 0 Å². The minimum atomic E-state index is 0.432. The average Bonchev–Trinajstić information content (AvgIpc) is 2.60. The summed E-state index contributed by atoms with van der Waals surface area (Å²) in [6.07, 6.45) is 7.30. The zero-order valence-electron chi connectivity index (χ0n) is 13.1. The van der Waals surface area contributed by atoms with E-state index in [0.717, 1.165) is 37.4 Å². The summed E-state index contributed by atoms with van der Waals surface area (Å²) >= 11 is 0. The number of hydrogen-bond donors (Lipinski definition) is 0. The topological polar surface area (TPSA) is 74.9 Å². The summed E-state index contributed by atoms with van der Waals surface area (Å²) in [6.45, 7) is 4.44. The highest BCUT2D eigenvalue weighted by molar-refractivity contribution is 5.37. The average molecular weight is 309 g/mol. The van der Waals surface area contributed by atoms with E-state index in [1.54, 1.807) is 24.5 Å². The van der Waals surface area contributed by atoms with E-state index in [1.807, 2.05) is 13.1 Å². The monoisotopic (exact) mass is 309 g/mol. The molecule has 6 heteroatoms. The van der Waals surface area contributed by atoms with E-state index >= 15 is 0 Å². The molecular formula is C17H19N5O. The molecule has 0 atom stereocenters. The van der Waals surface area contributed by atoms with E-state index < -0.39 is 0 Å². The highest BCUT2D eigenvalue weighted by Gasteiger charge is 2.21. The first-order valence-electron chi connectivity index (χ1n) is 7.78. The Balaban J connectivity index is 1.53. The van der Waals surface area contributed by atoms with Crippen LogP contribution in [0.1, 0.15) is 24.1 Å². The largest absolute Gasteiger partial charge is 0.476 e. The smallest absolute Gasteiger partial charge is 0.231 e. The Morgan fingerprint density at radius 1 is 1.35 bits per heavy atom. The van der Waals surface area contributed by atoms with Gasteiger partial charge in [-0.3, -0.25) is 4.98 Å². The molecule has 0 N–H and O–H groups in total. The van der Waals surface area contributed by atoms with Gasteiger partial charge < -0.3 is 9.64 Å². The van der Waals surface area contributed by atoms with Crippen molar-refractivity contribution in [3.63, 3.8) is 0 Å². The lowest BCUT2D eigenvalue weighted by atomic mass is 9.98. The molecule has 0 amide bonds. The van der Waals surface area contributed by atoms with E-state index in [1.165, 1.54) is 0 Å². The maximum absolute atomic E-state index is 9.05. The van der Waals surface area contributed by atoms with Gasteiger partial charge in [0.2, 0.25) is 5.88 Å². The number of piperidine rings is 1. The second-order valence-electron chi connectivity index (χ2n) is 5.73. The first kappa shape index (κ1) is 15.2. The number of nitrogens with zero attached hydrogens (tertiary/aromatic N) is 5. The van der Waals surface area contributed by atoms with Gasteiger partial charge in [-0.05, 0) is 37.8 Å². The van der Waals surface area contributed by atoms with Crippen LogP contribution in [0.4, 0.5) is 5.82 Å². The fraction of sp³-hybridized carbons (Fsp3) is 0.412. The normalized spacial score (nSPS) is 15.2. The second-order valence-corrected chi connectivity index (χ2v) is 5.73. The van der Waals surface area contributed by atoms with Crippen LogP contribution >= 0.6 is 0 Å². The minimum absolute atomic E-state index is 0.432. The van der Waals surface area contributed by atoms with Crippen molar-refractivity contribution in [3.8, 4) is 11.9 Å². The number of rotatable bonds is 4. The van der Waals surface area contributed by atoms with Crippen LogP contribution < -0.4 is 9.64 Å². The Hall–Kier alpha value is -2.68. The zero-order valence-corrected chi connectivity index (χ0v) is 13.1. The Labute approximate surface area is 135 Å². The van der Waals surface area contributed by atoms with Crippen molar-refractivity contribution in [3.05, 3.63) is 42.0 Å². The van der Waals surface area contributed by atoms with Gasteiger partial charge in [0.15, 0.2) is 0 Å². The van der Waals surface area contributed by atoms with E-state index in [-0.39, 0.29) is 0 Å². The molecule has 0 aromatic carbocycles. The summed E-state index contributed by atoms with van der Waals surface area (Å²) in [7, 11) is 0. The SMILES string of the molecule is Cc1cncc(N2CCC(COc3ncccc3C#N)CC2)n1. The maximum atomic E-state index is 9.05. The molecule has 1 aliphatic heterocycles. The van der Waals surface area contributed by atoms with Crippen molar-refractivity contribution < 1.29 is 4.74 Å². The fourth-order valence-electron chi connectivity index (χ4n) is 2.72. The molecule has 2 aromatic rings. The van der Waals surface area contributed by atoms with Crippen molar-refractivity contribution in [2.24, 2.45) is 5.92 Å². The van der Waals surface area contributed by atoms with Crippen LogP contribution in [0.3, 0.4) is 0 Å². The van der Waals surface area contributed by atoms with E-state index in [4.69, 9.17) is 10.00 Å². The first-order valence-corrected chi connectivity index (χ1v) is 7.78. The summed E-state index contributed by atoms with van der Waals surface area (Å²) in [5.74, 6) is 1.85. The number of anilines is 1. The predicted octanol–water partition coefficient (Wildman–Crippen LogP) is 2.35. The lowest BCUT2D eigenvalue weighted by Gasteiger charge is -2.32. The number of aryl methyl sites for hydroxylation is 1. The summed E-state index contributed by atoms with van der Waals surface area (Å²) in [5.41, 5.74) is 1.42. The van der Waals surface area contributed by atoms with Crippen LogP contribution in [-0.2, 0) is 0 Å². The summed E-state index contributed by atoms with van der Waals surface area (Å²) in [5, 5.41) is 9.05. The Morgan fingerprint density at radius 3 is 2.91 bits per heavy atom.